The highest BCUT2D eigenvalue weighted by atomic mass is 16.2. The molecule has 26 heavy (non-hydrogen) atoms. The number of anilines is 1. The molecule has 0 spiro atoms. The largest absolute Gasteiger partial charge is 0.329 e. The molecule has 8 nitrogen and oxygen atoms in total. The third kappa shape index (κ3) is 2.61. The second-order valence-corrected chi connectivity index (χ2v) is 5.99. The monoisotopic (exact) mass is 351 g/mol. The Morgan fingerprint density at radius 1 is 1.00 bits per heavy atom. The van der Waals surface area contributed by atoms with Crippen molar-refractivity contribution in [1.82, 2.24) is 19.1 Å². The van der Waals surface area contributed by atoms with Gasteiger partial charge in [-0.25, -0.2) is 9.59 Å². The summed E-state index contributed by atoms with van der Waals surface area (Å²) in [5.74, 6) is -0.316. The molecule has 0 saturated carbocycles. The summed E-state index contributed by atoms with van der Waals surface area (Å²) in [5.41, 5.74) is 2.82. The molecule has 0 unspecified atom stereocenters. The number of fused-ring (bicyclic) bond motifs is 2. The zero-order valence-corrected chi connectivity index (χ0v) is 14.1. The molecule has 2 aromatic carbocycles. The SMILES string of the molecule is CCn1c(=O)n(CC(=O)Nc2ccc3[nH]c(=O)[nH]c3c2)c2ccccc21. The summed E-state index contributed by atoms with van der Waals surface area (Å²) in [6.45, 7) is 2.34. The molecule has 0 radical (unpaired) electrons. The third-order valence-corrected chi connectivity index (χ3v) is 4.34. The van der Waals surface area contributed by atoms with E-state index in [0.717, 1.165) is 11.0 Å². The number of aryl methyl sites for hydroxylation is 1. The molecule has 0 bridgehead atoms. The number of imidazole rings is 2. The van der Waals surface area contributed by atoms with Crippen LogP contribution in [-0.4, -0.2) is 25.0 Å². The van der Waals surface area contributed by atoms with E-state index in [4.69, 9.17) is 0 Å². The van der Waals surface area contributed by atoms with Crippen molar-refractivity contribution in [3.05, 3.63) is 63.4 Å². The Hall–Kier alpha value is -3.55. The van der Waals surface area contributed by atoms with Crippen molar-refractivity contribution in [3.63, 3.8) is 0 Å². The minimum absolute atomic E-state index is 0.0892. The van der Waals surface area contributed by atoms with Gasteiger partial charge in [0.25, 0.3) is 0 Å². The number of aromatic amines is 2. The summed E-state index contributed by atoms with van der Waals surface area (Å²) in [4.78, 5) is 41.6. The summed E-state index contributed by atoms with van der Waals surface area (Å²) >= 11 is 0. The van der Waals surface area contributed by atoms with Gasteiger partial charge < -0.3 is 15.3 Å². The average Bonchev–Trinajstić information content (AvgIpc) is 3.11. The molecule has 0 atom stereocenters. The lowest BCUT2D eigenvalue weighted by Crippen LogP contribution is -2.29. The Kier molecular flexibility index (Phi) is 3.72. The lowest BCUT2D eigenvalue weighted by Gasteiger charge is -2.06. The summed E-state index contributed by atoms with van der Waals surface area (Å²) in [7, 11) is 0. The van der Waals surface area contributed by atoms with Gasteiger partial charge in [-0.3, -0.25) is 13.9 Å². The molecule has 1 amide bonds. The number of rotatable bonds is 4. The highest BCUT2D eigenvalue weighted by molar-refractivity contribution is 5.93. The van der Waals surface area contributed by atoms with E-state index in [1.807, 2.05) is 31.2 Å². The molecule has 0 aliphatic heterocycles. The van der Waals surface area contributed by atoms with E-state index < -0.39 is 0 Å². The fourth-order valence-corrected chi connectivity index (χ4v) is 3.19. The number of amides is 1. The third-order valence-electron chi connectivity index (χ3n) is 4.34. The van der Waals surface area contributed by atoms with Gasteiger partial charge in [-0.2, -0.15) is 0 Å². The van der Waals surface area contributed by atoms with Crippen LogP contribution in [-0.2, 0) is 17.9 Å². The molecule has 4 rings (SSSR count). The molecule has 8 heteroatoms. The van der Waals surface area contributed by atoms with Crippen molar-refractivity contribution in [3.8, 4) is 0 Å². The van der Waals surface area contributed by atoms with Gasteiger partial charge in [0, 0.05) is 12.2 Å². The van der Waals surface area contributed by atoms with Gasteiger partial charge in [0.1, 0.15) is 6.54 Å². The molecule has 2 aromatic heterocycles. The van der Waals surface area contributed by atoms with Crippen molar-refractivity contribution in [2.75, 3.05) is 5.32 Å². The van der Waals surface area contributed by atoms with Crippen LogP contribution in [0.15, 0.2) is 52.1 Å². The number of H-pyrrole nitrogens is 2. The average molecular weight is 351 g/mol. The minimum atomic E-state index is -0.316. The molecule has 4 aromatic rings. The van der Waals surface area contributed by atoms with E-state index in [2.05, 4.69) is 15.3 Å². The highest BCUT2D eigenvalue weighted by Crippen LogP contribution is 2.16. The van der Waals surface area contributed by atoms with Crippen molar-refractivity contribution < 1.29 is 4.79 Å². The van der Waals surface area contributed by atoms with Crippen molar-refractivity contribution in [2.24, 2.45) is 0 Å². The molecular formula is C18H17N5O3. The number of hydrogen-bond donors (Lipinski definition) is 3. The van der Waals surface area contributed by atoms with Gasteiger partial charge in [-0.1, -0.05) is 12.1 Å². The van der Waals surface area contributed by atoms with Crippen molar-refractivity contribution in [2.45, 2.75) is 20.0 Å². The Morgan fingerprint density at radius 2 is 1.69 bits per heavy atom. The van der Waals surface area contributed by atoms with Gasteiger partial charge in [0.05, 0.1) is 22.1 Å². The predicted molar refractivity (Wildman–Crippen MR) is 99.4 cm³/mol. The number of nitrogens with one attached hydrogen (secondary N) is 3. The normalized spacial score (nSPS) is 11.3. The summed E-state index contributed by atoms with van der Waals surface area (Å²) in [5, 5.41) is 2.77. The van der Waals surface area contributed by atoms with Gasteiger partial charge in [0.15, 0.2) is 0 Å². The smallest absolute Gasteiger partial charge is 0.324 e. The van der Waals surface area contributed by atoms with E-state index in [-0.39, 0.29) is 23.8 Å². The Balaban J connectivity index is 1.63. The molecule has 3 N–H and O–H groups in total. The lowest BCUT2D eigenvalue weighted by molar-refractivity contribution is -0.116. The number of carbonyl (C=O) groups excluding carboxylic acids is 1. The molecular weight excluding hydrogens is 334 g/mol. The van der Waals surface area contributed by atoms with Gasteiger partial charge in [-0.15, -0.1) is 0 Å². The predicted octanol–water partition coefficient (Wildman–Crippen LogP) is 1.63. The van der Waals surface area contributed by atoms with Crippen LogP contribution in [0.4, 0.5) is 5.69 Å². The van der Waals surface area contributed by atoms with E-state index in [1.54, 1.807) is 22.8 Å². The molecule has 0 fully saturated rings. The first kappa shape index (κ1) is 15.9. The van der Waals surface area contributed by atoms with E-state index >= 15 is 0 Å². The number of para-hydroxylation sites is 2. The van der Waals surface area contributed by atoms with Crippen LogP contribution in [0, 0.1) is 0 Å². The number of benzene rings is 2. The quantitative estimate of drug-likeness (QED) is 0.520. The van der Waals surface area contributed by atoms with Crippen LogP contribution in [0.3, 0.4) is 0 Å². The second-order valence-electron chi connectivity index (χ2n) is 5.99. The standard InChI is InChI=1S/C18H17N5O3/c1-2-22-14-5-3-4-6-15(14)23(18(22)26)10-16(24)19-11-7-8-12-13(9-11)21-17(25)20-12/h3-9H,2,10H2,1H3,(H,19,24)(H2,20,21,25). The fourth-order valence-electron chi connectivity index (χ4n) is 3.19. The van der Waals surface area contributed by atoms with E-state index in [0.29, 0.717) is 23.3 Å². The summed E-state index contributed by atoms with van der Waals surface area (Å²) < 4.78 is 3.10. The van der Waals surface area contributed by atoms with Gasteiger partial charge in [-0.05, 0) is 37.3 Å². The van der Waals surface area contributed by atoms with Crippen LogP contribution in [0.1, 0.15) is 6.92 Å². The first-order chi connectivity index (χ1) is 12.6. The van der Waals surface area contributed by atoms with Crippen molar-refractivity contribution >= 4 is 33.7 Å². The minimum Gasteiger partial charge on any atom is -0.324 e. The first-order valence-electron chi connectivity index (χ1n) is 8.27. The van der Waals surface area contributed by atoms with Crippen LogP contribution >= 0.6 is 0 Å². The van der Waals surface area contributed by atoms with Crippen LogP contribution in [0.25, 0.3) is 22.1 Å². The highest BCUT2D eigenvalue weighted by Gasteiger charge is 2.14. The van der Waals surface area contributed by atoms with E-state index in [1.165, 1.54) is 4.57 Å². The van der Waals surface area contributed by atoms with E-state index in [9.17, 15) is 14.4 Å². The van der Waals surface area contributed by atoms with Crippen LogP contribution in [0.2, 0.25) is 0 Å². The lowest BCUT2D eigenvalue weighted by atomic mass is 10.2. The topological polar surface area (TPSA) is 105 Å². The Labute approximate surface area is 147 Å². The number of nitrogens with zero attached hydrogens (tertiary/aromatic N) is 2. The molecule has 0 saturated heterocycles. The molecule has 0 aliphatic carbocycles. The van der Waals surface area contributed by atoms with Crippen molar-refractivity contribution in [1.29, 1.82) is 0 Å². The molecule has 0 aliphatic rings. The zero-order valence-electron chi connectivity index (χ0n) is 14.1. The number of carbonyl (C=O) groups is 1. The Morgan fingerprint density at radius 3 is 2.42 bits per heavy atom. The van der Waals surface area contributed by atoms with Crippen LogP contribution < -0.4 is 16.7 Å². The number of aromatic nitrogens is 4. The molecule has 132 valence electrons. The zero-order chi connectivity index (χ0) is 18.3. The summed E-state index contributed by atoms with van der Waals surface area (Å²) in [6, 6.07) is 12.5. The number of hydrogen-bond acceptors (Lipinski definition) is 3. The maximum atomic E-state index is 12.6. The van der Waals surface area contributed by atoms with Crippen LogP contribution in [0.5, 0.6) is 0 Å². The second kappa shape index (κ2) is 6.07. The fraction of sp³-hybridized carbons (Fsp3) is 0.167. The van der Waals surface area contributed by atoms with Gasteiger partial charge >= 0.3 is 11.4 Å². The Bertz CT molecular complexity index is 1240. The maximum Gasteiger partial charge on any atom is 0.329 e. The first-order valence-corrected chi connectivity index (χ1v) is 8.27. The maximum absolute atomic E-state index is 12.6. The van der Waals surface area contributed by atoms with Gasteiger partial charge in [0.2, 0.25) is 5.91 Å². The summed E-state index contributed by atoms with van der Waals surface area (Å²) in [6.07, 6.45) is 0. The molecule has 2 heterocycles.